The molecule has 43 heavy (non-hydrogen) atoms. The summed E-state index contributed by atoms with van der Waals surface area (Å²) >= 11 is 8.09. The maximum absolute atomic E-state index is 14.0. The van der Waals surface area contributed by atoms with E-state index in [-0.39, 0.29) is 10.8 Å². The normalized spacial score (nSPS) is 19.6. The molecule has 1 saturated heterocycles. The summed E-state index contributed by atoms with van der Waals surface area (Å²) in [5.41, 5.74) is -0.846. The number of alkyl halides is 3. The maximum atomic E-state index is 14.0. The highest BCUT2D eigenvalue weighted by molar-refractivity contribution is 8.00. The van der Waals surface area contributed by atoms with Crippen LogP contribution in [0, 0.1) is 5.92 Å². The monoisotopic (exact) mass is 645 g/mol. The number of imide groups is 1. The van der Waals surface area contributed by atoms with E-state index in [9.17, 15) is 32.3 Å². The van der Waals surface area contributed by atoms with Gasteiger partial charge in [-0.3, -0.25) is 19.2 Å². The summed E-state index contributed by atoms with van der Waals surface area (Å²) < 4.78 is 47.6. The molecule has 220 valence electrons. The third-order valence-corrected chi connectivity index (χ3v) is 9.63. The molecule has 8 nitrogen and oxygen atoms in total. The van der Waals surface area contributed by atoms with E-state index in [4.69, 9.17) is 16.3 Å². The zero-order valence-electron chi connectivity index (χ0n) is 21.7. The second-order valence-corrected chi connectivity index (χ2v) is 12.3. The van der Waals surface area contributed by atoms with Gasteiger partial charge in [0.2, 0.25) is 11.8 Å². The van der Waals surface area contributed by atoms with Gasteiger partial charge in [0.25, 0.3) is 5.91 Å². The van der Waals surface area contributed by atoms with Crippen LogP contribution >= 0.6 is 34.7 Å². The minimum atomic E-state index is -4.82. The number of thioether (sulfide) groups is 1. The Bertz CT molecular complexity index is 1810. The number of thiazole rings is 1. The Morgan fingerprint density at radius 3 is 2.47 bits per heavy atom. The highest BCUT2D eigenvalue weighted by Gasteiger charge is 2.57. The van der Waals surface area contributed by atoms with Gasteiger partial charge in [-0.15, -0.1) is 0 Å². The third kappa shape index (κ3) is 5.43. The fourth-order valence-electron chi connectivity index (χ4n) is 5.25. The van der Waals surface area contributed by atoms with Gasteiger partial charge in [0.15, 0.2) is 6.61 Å². The fourth-order valence-corrected chi connectivity index (χ4v) is 7.94. The molecule has 1 fully saturated rings. The molecule has 3 atom stereocenters. The van der Waals surface area contributed by atoms with Crippen LogP contribution in [0.4, 0.5) is 24.5 Å². The molecule has 3 unspecified atom stereocenters. The number of carbonyl (C=O) groups excluding carboxylic acids is 3. The fraction of sp³-hybridized carbons (Fsp3) is 0.172. The predicted molar refractivity (Wildman–Crippen MR) is 156 cm³/mol. The number of amides is 3. The summed E-state index contributed by atoms with van der Waals surface area (Å²) in [6, 6.07) is 17.6. The van der Waals surface area contributed by atoms with E-state index in [1.165, 1.54) is 30.3 Å². The Morgan fingerprint density at radius 1 is 1.00 bits per heavy atom. The number of aromatic amines is 1. The topological polar surface area (TPSA) is 109 Å². The number of benzene rings is 3. The standard InChI is InChI=1S/C29H19ClF3N3O5S2/c30-14-10-11-19(41-13-20(37)34-15-6-2-1-3-7-15)16(12-14)21-22-24(42-25-23(21)43-28(40)35-25)27(39)36(26(22)38)18-9-5-4-8-17(18)29(31,32)33/h1-12,21-22,24H,13H2,(H,34,37)(H,35,40). The summed E-state index contributed by atoms with van der Waals surface area (Å²) in [5.74, 6) is -4.20. The smallest absolute Gasteiger partial charge is 0.418 e. The molecule has 3 amide bonds. The zero-order chi connectivity index (χ0) is 30.5. The van der Waals surface area contributed by atoms with E-state index in [2.05, 4.69) is 10.3 Å². The molecule has 6 rings (SSSR count). The molecule has 2 aliphatic rings. The molecule has 1 aromatic heterocycles. The molecule has 0 bridgehead atoms. The Hall–Kier alpha value is -4.07. The van der Waals surface area contributed by atoms with Gasteiger partial charge in [-0.25, -0.2) is 4.90 Å². The SMILES string of the molecule is O=C(COc1ccc(Cl)cc1C1c2sc(=O)[nH]c2SC2C(=O)N(c3ccccc3C(F)(F)F)C(=O)C21)Nc1ccccc1. The molecule has 2 N–H and O–H groups in total. The second kappa shape index (κ2) is 11.2. The van der Waals surface area contributed by atoms with E-state index in [0.717, 1.165) is 35.2 Å². The van der Waals surface area contributed by atoms with Crippen molar-refractivity contribution >= 4 is 63.8 Å². The maximum Gasteiger partial charge on any atom is 0.418 e. The number of nitrogens with one attached hydrogen (secondary N) is 2. The van der Waals surface area contributed by atoms with Crippen molar-refractivity contribution in [1.29, 1.82) is 0 Å². The number of anilines is 2. The van der Waals surface area contributed by atoms with Gasteiger partial charge in [0.1, 0.15) is 11.0 Å². The van der Waals surface area contributed by atoms with E-state index < -0.39 is 63.7 Å². The van der Waals surface area contributed by atoms with Gasteiger partial charge >= 0.3 is 11.0 Å². The van der Waals surface area contributed by atoms with Gasteiger partial charge in [0, 0.05) is 27.1 Å². The summed E-state index contributed by atoms with van der Waals surface area (Å²) in [4.78, 5) is 56.0. The first-order valence-electron chi connectivity index (χ1n) is 12.7. The van der Waals surface area contributed by atoms with Crippen molar-refractivity contribution in [2.45, 2.75) is 22.4 Å². The summed E-state index contributed by atoms with van der Waals surface area (Å²) in [6.45, 7) is -0.423. The quantitative estimate of drug-likeness (QED) is 0.252. The van der Waals surface area contributed by atoms with Crippen LogP contribution in [0.3, 0.4) is 0 Å². The molecule has 3 heterocycles. The summed E-state index contributed by atoms with van der Waals surface area (Å²) in [6.07, 6.45) is -4.82. The van der Waals surface area contributed by atoms with Crippen LogP contribution < -0.4 is 19.8 Å². The molecule has 4 aromatic rings. The number of carbonyl (C=O) groups is 3. The van der Waals surface area contributed by atoms with Crippen LogP contribution in [0.15, 0.2) is 82.6 Å². The number of halogens is 4. The van der Waals surface area contributed by atoms with Crippen LogP contribution in [-0.2, 0) is 20.6 Å². The molecular formula is C29H19ClF3N3O5S2. The van der Waals surface area contributed by atoms with Gasteiger partial charge < -0.3 is 15.0 Å². The number of rotatable bonds is 6. The lowest BCUT2D eigenvalue weighted by Crippen LogP contribution is -2.33. The molecule has 14 heteroatoms. The average molecular weight is 646 g/mol. The second-order valence-electron chi connectivity index (χ2n) is 9.66. The number of H-pyrrole nitrogens is 1. The lowest BCUT2D eigenvalue weighted by Gasteiger charge is -2.31. The minimum absolute atomic E-state index is 0.157. The molecule has 3 aromatic carbocycles. The third-order valence-electron chi connectivity index (χ3n) is 7.00. The van der Waals surface area contributed by atoms with Gasteiger partial charge in [-0.2, -0.15) is 13.2 Å². The summed E-state index contributed by atoms with van der Waals surface area (Å²) in [7, 11) is 0. The Labute approximate surface area is 254 Å². The Kier molecular flexibility index (Phi) is 7.57. The van der Waals surface area contributed by atoms with Crippen molar-refractivity contribution in [2.75, 3.05) is 16.8 Å². The number of hydrogen-bond donors (Lipinski definition) is 2. The van der Waals surface area contributed by atoms with Crippen molar-refractivity contribution in [3.63, 3.8) is 0 Å². The first-order chi connectivity index (χ1) is 20.5. The van der Waals surface area contributed by atoms with E-state index in [0.29, 0.717) is 26.1 Å². The van der Waals surface area contributed by atoms with Crippen LogP contribution in [-0.4, -0.2) is 34.6 Å². The number of hydrogen-bond acceptors (Lipinski definition) is 7. The lowest BCUT2D eigenvalue weighted by molar-refractivity contribution is -0.137. The molecule has 0 aliphatic carbocycles. The predicted octanol–water partition coefficient (Wildman–Crippen LogP) is 5.92. The van der Waals surface area contributed by atoms with E-state index in [1.54, 1.807) is 30.3 Å². The Balaban J connectivity index is 1.40. The van der Waals surface area contributed by atoms with Crippen molar-refractivity contribution < 1.29 is 32.3 Å². The van der Waals surface area contributed by atoms with Crippen LogP contribution in [0.2, 0.25) is 5.02 Å². The number of nitrogens with zero attached hydrogens (tertiary/aromatic N) is 1. The van der Waals surface area contributed by atoms with Gasteiger partial charge in [-0.05, 0) is 42.5 Å². The molecule has 0 spiro atoms. The van der Waals surface area contributed by atoms with Gasteiger partial charge in [0.05, 0.1) is 22.2 Å². The number of para-hydroxylation sites is 2. The molecule has 0 saturated carbocycles. The molecule has 2 aliphatic heterocycles. The number of fused-ring (bicyclic) bond motifs is 2. The van der Waals surface area contributed by atoms with Crippen molar-refractivity contribution in [3.8, 4) is 5.75 Å². The van der Waals surface area contributed by atoms with Crippen LogP contribution in [0.25, 0.3) is 0 Å². The highest BCUT2D eigenvalue weighted by atomic mass is 35.5. The minimum Gasteiger partial charge on any atom is -0.483 e. The molecular weight excluding hydrogens is 627 g/mol. The largest absolute Gasteiger partial charge is 0.483 e. The van der Waals surface area contributed by atoms with Crippen molar-refractivity contribution in [2.24, 2.45) is 5.92 Å². The van der Waals surface area contributed by atoms with E-state index >= 15 is 0 Å². The number of aromatic nitrogens is 1. The Morgan fingerprint density at radius 2 is 1.72 bits per heavy atom. The van der Waals surface area contributed by atoms with Crippen molar-refractivity contribution in [1.82, 2.24) is 4.98 Å². The van der Waals surface area contributed by atoms with Gasteiger partial charge in [-0.1, -0.05) is 65.0 Å². The molecule has 0 radical (unpaired) electrons. The van der Waals surface area contributed by atoms with E-state index in [1.807, 2.05) is 0 Å². The number of ether oxygens (including phenoxy) is 1. The summed E-state index contributed by atoms with van der Waals surface area (Å²) in [5, 5.41) is 2.11. The van der Waals surface area contributed by atoms with Crippen LogP contribution in [0.1, 0.15) is 21.9 Å². The zero-order valence-corrected chi connectivity index (χ0v) is 24.1. The van der Waals surface area contributed by atoms with Crippen LogP contribution in [0.5, 0.6) is 5.75 Å². The lowest BCUT2D eigenvalue weighted by atomic mass is 9.82. The average Bonchev–Trinajstić information content (AvgIpc) is 3.46. The first-order valence-corrected chi connectivity index (χ1v) is 14.8. The first kappa shape index (κ1) is 29.0. The highest BCUT2D eigenvalue weighted by Crippen LogP contribution is 2.55. The van der Waals surface area contributed by atoms with Crippen molar-refractivity contribution in [3.05, 3.63) is 103 Å².